The Morgan fingerprint density at radius 1 is 1.36 bits per heavy atom. The molecule has 1 amide bonds. The minimum Gasteiger partial charge on any atom is -0.445 e. The fraction of sp³-hybridized carbons (Fsp3) is 0.500. The van der Waals surface area contributed by atoms with E-state index in [0.29, 0.717) is 25.3 Å². The number of thiophene rings is 1. The number of oxazole rings is 1. The van der Waals surface area contributed by atoms with Crippen molar-refractivity contribution in [2.45, 2.75) is 45.4 Å². The van der Waals surface area contributed by atoms with Gasteiger partial charge in [-0.1, -0.05) is 32.4 Å². The molecule has 2 aromatic rings. The van der Waals surface area contributed by atoms with Crippen molar-refractivity contribution >= 4 is 28.8 Å². The zero-order valence-corrected chi connectivity index (χ0v) is 14.7. The quantitative estimate of drug-likeness (QED) is 0.865. The van der Waals surface area contributed by atoms with Crippen LogP contribution in [0.1, 0.15) is 43.7 Å². The predicted molar refractivity (Wildman–Crippen MR) is 89.6 cm³/mol. The van der Waals surface area contributed by atoms with Crippen molar-refractivity contribution in [1.29, 1.82) is 0 Å². The fourth-order valence-electron chi connectivity index (χ4n) is 1.89. The molecule has 2 rings (SSSR count). The number of nitrogens with one attached hydrogen (secondary N) is 1. The van der Waals surface area contributed by atoms with Crippen LogP contribution in [0.3, 0.4) is 0 Å². The molecule has 4 nitrogen and oxygen atoms in total. The van der Waals surface area contributed by atoms with Gasteiger partial charge in [0.15, 0.2) is 5.89 Å². The topological polar surface area (TPSA) is 55.1 Å². The van der Waals surface area contributed by atoms with Crippen LogP contribution in [-0.4, -0.2) is 17.4 Å². The summed E-state index contributed by atoms with van der Waals surface area (Å²) >= 11 is 7.41. The molecule has 0 saturated carbocycles. The van der Waals surface area contributed by atoms with Crippen LogP contribution in [0.2, 0.25) is 4.34 Å². The SMILES string of the molecule is CC(C)(C)c1cnc(CCC(=O)NCCc2ccc(Cl)s2)o1. The molecule has 6 heteroatoms. The average Bonchev–Trinajstić information content (AvgIpc) is 3.05. The van der Waals surface area contributed by atoms with Gasteiger partial charge in [-0.15, -0.1) is 11.3 Å². The first-order valence-corrected chi connectivity index (χ1v) is 8.50. The number of aryl methyl sites for hydroxylation is 1. The van der Waals surface area contributed by atoms with Crippen LogP contribution in [0.4, 0.5) is 0 Å². The van der Waals surface area contributed by atoms with E-state index >= 15 is 0 Å². The molecular weight excluding hydrogens is 320 g/mol. The molecule has 0 saturated heterocycles. The van der Waals surface area contributed by atoms with Crippen LogP contribution < -0.4 is 5.32 Å². The summed E-state index contributed by atoms with van der Waals surface area (Å²) in [4.78, 5) is 17.2. The molecule has 22 heavy (non-hydrogen) atoms. The van der Waals surface area contributed by atoms with E-state index in [1.165, 1.54) is 4.88 Å². The normalized spacial score (nSPS) is 11.6. The number of carbonyl (C=O) groups excluding carboxylic acids is 1. The highest BCUT2D eigenvalue weighted by molar-refractivity contribution is 7.16. The zero-order chi connectivity index (χ0) is 16.2. The number of rotatable bonds is 6. The predicted octanol–water partition coefficient (Wildman–Crippen LogP) is 3.98. The van der Waals surface area contributed by atoms with Gasteiger partial charge >= 0.3 is 0 Å². The maximum absolute atomic E-state index is 11.8. The van der Waals surface area contributed by atoms with Crippen LogP contribution in [0, 0.1) is 0 Å². The van der Waals surface area contributed by atoms with Gasteiger partial charge in [0.25, 0.3) is 0 Å². The largest absolute Gasteiger partial charge is 0.445 e. The minimum atomic E-state index is -0.0600. The van der Waals surface area contributed by atoms with E-state index in [9.17, 15) is 4.79 Å². The highest BCUT2D eigenvalue weighted by Crippen LogP contribution is 2.23. The lowest BCUT2D eigenvalue weighted by molar-refractivity contribution is -0.121. The molecule has 0 aromatic carbocycles. The van der Waals surface area contributed by atoms with Crippen molar-refractivity contribution in [2.75, 3.05) is 6.54 Å². The summed E-state index contributed by atoms with van der Waals surface area (Å²) < 4.78 is 6.45. The Morgan fingerprint density at radius 3 is 2.73 bits per heavy atom. The van der Waals surface area contributed by atoms with Gasteiger partial charge < -0.3 is 9.73 Å². The molecule has 2 aromatic heterocycles. The summed E-state index contributed by atoms with van der Waals surface area (Å²) in [5, 5.41) is 2.90. The molecule has 0 atom stereocenters. The van der Waals surface area contributed by atoms with Crippen molar-refractivity contribution in [2.24, 2.45) is 0 Å². The van der Waals surface area contributed by atoms with E-state index in [1.54, 1.807) is 17.5 Å². The van der Waals surface area contributed by atoms with Gasteiger partial charge in [-0.3, -0.25) is 4.79 Å². The lowest BCUT2D eigenvalue weighted by Crippen LogP contribution is -2.25. The number of halogens is 1. The Hall–Kier alpha value is -1.33. The van der Waals surface area contributed by atoms with E-state index in [1.807, 2.05) is 12.1 Å². The van der Waals surface area contributed by atoms with E-state index in [2.05, 4.69) is 31.1 Å². The molecular formula is C16H21ClN2O2S. The molecule has 2 heterocycles. The van der Waals surface area contributed by atoms with Gasteiger partial charge in [0.1, 0.15) is 5.76 Å². The Bertz CT molecular complexity index is 628. The summed E-state index contributed by atoms with van der Waals surface area (Å²) in [5.74, 6) is 1.47. The molecule has 0 radical (unpaired) electrons. The Kier molecular flexibility index (Phi) is 5.64. The second kappa shape index (κ2) is 7.29. The van der Waals surface area contributed by atoms with Crippen LogP contribution in [-0.2, 0) is 23.1 Å². The number of hydrogen-bond acceptors (Lipinski definition) is 4. The third-order valence-corrected chi connectivity index (χ3v) is 4.47. The molecule has 0 aliphatic rings. The molecule has 0 fully saturated rings. The van der Waals surface area contributed by atoms with Gasteiger partial charge in [0, 0.05) is 29.7 Å². The average molecular weight is 341 g/mol. The van der Waals surface area contributed by atoms with Gasteiger partial charge in [0.05, 0.1) is 10.5 Å². The van der Waals surface area contributed by atoms with Crippen molar-refractivity contribution in [3.63, 3.8) is 0 Å². The van der Waals surface area contributed by atoms with Crippen LogP contribution in [0.15, 0.2) is 22.7 Å². The number of aromatic nitrogens is 1. The molecule has 0 aliphatic heterocycles. The molecule has 0 spiro atoms. The second-order valence-corrected chi connectivity index (χ2v) is 7.97. The highest BCUT2D eigenvalue weighted by atomic mass is 35.5. The van der Waals surface area contributed by atoms with Crippen LogP contribution in [0.25, 0.3) is 0 Å². The second-order valence-electron chi connectivity index (χ2n) is 6.17. The van der Waals surface area contributed by atoms with E-state index < -0.39 is 0 Å². The first-order chi connectivity index (χ1) is 10.3. The van der Waals surface area contributed by atoms with Gasteiger partial charge in [-0.25, -0.2) is 4.98 Å². The number of nitrogens with zero attached hydrogens (tertiary/aromatic N) is 1. The molecule has 0 bridgehead atoms. The van der Waals surface area contributed by atoms with Gasteiger partial charge in [-0.2, -0.15) is 0 Å². The maximum atomic E-state index is 11.8. The van der Waals surface area contributed by atoms with Crippen molar-refractivity contribution in [3.8, 4) is 0 Å². The van der Waals surface area contributed by atoms with Crippen molar-refractivity contribution < 1.29 is 9.21 Å². The molecule has 0 aliphatic carbocycles. The van der Waals surface area contributed by atoms with E-state index in [0.717, 1.165) is 16.5 Å². The van der Waals surface area contributed by atoms with Gasteiger partial charge in [-0.05, 0) is 18.6 Å². The first kappa shape index (κ1) is 17.0. The third kappa shape index (κ3) is 5.14. The number of hydrogen-bond donors (Lipinski definition) is 1. The summed E-state index contributed by atoms with van der Waals surface area (Å²) in [6.07, 6.45) is 3.45. The summed E-state index contributed by atoms with van der Waals surface area (Å²) in [5.41, 5.74) is -0.0600. The monoisotopic (exact) mass is 340 g/mol. The molecule has 120 valence electrons. The highest BCUT2D eigenvalue weighted by Gasteiger charge is 2.19. The summed E-state index contributed by atoms with van der Waals surface area (Å²) in [7, 11) is 0. The smallest absolute Gasteiger partial charge is 0.220 e. The lowest BCUT2D eigenvalue weighted by Gasteiger charge is -2.13. The van der Waals surface area contributed by atoms with E-state index in [-0.39, 0.29) is 11.3 Å². The summed E-state index contributed by atoms with van der Waals surface area (Å²) in [6, 6.07) is 3.86. The molecule has 0 unspecified atom stereocenters. The Labute approximate surface area is 139 Å². The Morgan fingerprint density at radius 2 is 2.14 bits per heavy atom. The number of carbonyl (C=O) groups is 1. The fourth-order valence-corrected chi connectivity index (χ4v) is 2.98. The Balaban J connectivity index is 1.70. The van der Waals surface area contributed by atoms with Gasteiger partial charge in [0.2, 0.25) is 5.91 Å². The van der Waals surface area contributed by atoms with Crippen LogP contribution in [0.5, 0.6) is 0 Å². The molecule has 1 N–H and O–H groups in total. The van der Waals surface area contributed by atoms with E-state index in [4.69, 9.17) is 16.0 Å². The maximum Gasteiger partial charge on any atom is 0.220 e. The standard InChI is InChI=1S/C16H21ClN2O2S/c1-16(2,3)12-10-19-15(21-12)7-6-14(20)18-9-8-11-4-5-13(17)22-11/h4-5,10H,6-9H2,1-3H3,(H,18,20). The lowest BCUT2D eigenvalue weighted by atomic mass is 9.94. The first-order valence-electron chi connectivity index (χ1n) is 7.30. The van der Waals surface area contributed by atoms with Crippen LogP contribution >= 0.6 is 22.9 Å². The zero-order valence-electron chi connectivity index (χ0n) is 13.1. The number of amides is 1. The van der Waals surface area contributed by atoms with Crippen molar-refractivity contribution in [1.82, 2.24) is 10.3 Å². The third-order valence-electron chi connectivity index (χ3n) is 3.18. The minimum absolute atomic E-state index is 0.0122. The summed E-state index contributed by atoms with van der Waals surface area (Å²) in [6.45, 7) is 6.83. The van der Waals surface area contributed by atoms with Crippen molar-refractivity contribution in [3.05, 3.63) is 39.2 Å².